The molecule has 0 fully saturated rings. The van der Waals surface area contributed by atoms with Crippen molar-refractivity contribution in [1.29, 1.82) is 0 Å². The topological polar surface area (TPSA) is 50.8 Å². The molecule has 0 aliphatic carbocycles. The van der Waals surface area contributed by atoms with Gasteiger partial charge < -0.3 is 19.7 Å². The van der Waals surface area contributed by atoms with Crippen LogP contribution in [0.15, 0.2) is 42.5 Å². The van der Waals surface area contributed by atoms with Crippen LogP contribution in [0.4, 0.5) is 5.69 Å². The van der Waals surface area contributed by atoms with Gasteiger partial charge in [-0.2, -0.15) is 0 Å². The second kappa shape index (κ2) is 7.58. The number of likely N-dealkylation sites (N-methyl/N-ethyl adjacent to an activating group) is 1. The third kappa shape index (κ3) is 3.84. The minimum Gasteiger partial charge on any atom is -0.493 e. The van der Waals surface area contributed by atoms with E-state index < -0.39 is 0 Å². The number of ether oxygens (including phenoxy) is 2. The van der Waals surface area contributed by atoms with E-state index >= 15 is 0 Å². The molecule has 1 aliphatic rings. The number of benzene rings is 2. The van der Waals surface area contributed by atoms with Gasteiger partial charge in [-0.05, 0) is 57.0 Å². The molecule has 0 bridgehead atoms. The highest BCUT2D eigenvalue weighted by Crippen LogP contribution is 2.42. The maximum absolute atomic E-state index is 12.7. The number of carbonyl (C=O) groups is 1. The first-order chi connectivity index (χ1) is 13.2. The Bertz CT molecular complexity index is 914. The van der Waals surface area contributed by atoms with Crippen molar-refractivity contribution in [1.82, 2.24) is 4.90 Å². The fourth-order valence-corrected chi connectivity index (χ4v) is 3.51. The van der Waals surface area contributed by atoms with Gasteiger partial charge in [0.2, 0.25) is 5.91 Å². The first-order valence-corrected chi connectivity index (χ1v) is 9.33. The third-order valence-corrected chi connectivity index (χ3v) is 5.36. The number of amides is 1. The number of hydrogen-bond donors (Lipinski definition) is 1. The van der Waals surface area contributed by atoms with Crippen molar-refractivity contribution in [3.63, 3.8) is 0 Å². The van der Waals surface area contributed by atoms with E-state index in [4.69, 9.17) is 9.47 Å². The predicted octanol–water partition coefficient (Wildman–Crippen LogP) is 4.26. The summed E-state index contributed by atoms with van der Waals surface area (Å²) in [6, 6.07) is 11.7. The van der Waals surface area contributed by atoms with E-state index in [2.05, 4.69) is 24.1 Å². The molecule has 5 nitrogen and oxygen atoms in total. The Hall–Kier alpha value is -2.95. The van der Waals surface area contributed by atoms with Crippen LogP contribution in [-0.2, 0) is 11.2 Å². The third-order valence-electron chi connectivity index (χ3n) is 5.36. The summed E-state index contributed by atoms with van der Waals surface area (Å²) in [5, 5.41) is 2.95. The zero-order valence-corrected chi connectivity index (χ0v) is 17.4. The molecule has 1 amide bonds. The number of anilines is 1. The molecule has 28 heavy (non-hydrogen) atoms. The zero-order valence-electron chi connectivity index (χ0n) is 17.4. The Morgan fingerprint density at radius 3 is 2.32 bits per heavy atom. The lowest BCUT2D eigenvalue weighted by atomic mass is 9.83. The van der Waals surface area contributed by atoms with E-state index in [0.717, 1.165) is 34.5 Å². The van der Waals surface area contributed by atoms with Crippen molar-refractivity contribution in [2.45, 2.75) is 32.7 Å². The van der Waals surface area contributed by atoms with Crippen LogP contribution in [0, 0.1) is 6.92 Å². The van der Waals surface area contributed by atoms with Gasteiger partial charge in [-0.1, -0.05) is 17.7 Å². The summed E-state index contributed by atoms with van der Waals surface area (Å²) in [5.41, 5.74) is 4.77. The summed E-state index contributed by atoms with van der Waals surface area (Å²) in [4.78, 5) is 14.9. The van der Waals surface area contributed by atoms with Crippen molar-refractivity contribution in [3.05, 3.63) is 59.2 Å². The summed E-state index contributed by atoms with van der Waals surface area (Å²) in [6.07, 6.45) is 2.50. The highest BCUT2D eigenvalue weighted by Gasteiger charge is 2.34. The van der Waals surface area contributed by atoms with E-state index in [1.54, 1.807) is 20.3 Å². The molecule has 0 aromatic heterocycles. The molecule has 3 rings (SSSR count). The summed E-state index contributed by atoms with van der Waals surface area (Å²) in [7, 11) is 5.27. The van der Waals surface area contributed by atoms with Gasteiger partial charge in [0.1, 0.15) is 0 Å². The molecule has 1 aliphatic heterocycles. The van der Waals surface area contributed by atoms with Crippen LogP contribution >= 0.6 is 0 Å². The highest BCUT2D eigenvalue weighted by atomic mass is 16.5. The first kappa shape index (κ1) is 19.8. The number of hydrogen-bond acceptors (Lipinski definition) is 4. The normalized spacial score (nSPS) is 16.5. The van der Waals surface area contributed by atoms with Crippen LogP contribution < -0.4 is 14.8 Å². The molecule has 0 saturated heterocycles. The average Bonchev–Trinajstić information content (AvgIpc) is 2.66. The lowest BCUT2D eigenvalue weighted by Crippen LogP contribution is -2.45. The maximum Gasteiger partial charge on any atom is 0.250 e. The first-order valence-electron chi connectivity index (χ1n) is 9.33. The maximum atomic E-state index is 12.7. The van der Waals surface area contributed by atoms with Crippen LogP contribution in [0.1, 0.15) is 30.5 Å². The van der Waals surface area contributed by atoms with Crippen LogP contribution in [0.2, 0.25) is 0 Å². The van der Waals surface area contributed by atoms with E-state index in [1.165, 1.54) is 0 Å². The van der Waals surface area contributed by atoms with E-state index in [-0.39, 0.29) is 11.4 Å². The summed E-state index contributed by atoms with van der Waals surface area (Å²) >= 11 is 0. The minimum atomic E-state index is -0.163. The van der Waals surface area contributed by atoms with Gasteiger partial charge in [-0.3, -0.25) is 4.79 Å². The van der Waals surface area contributed by atoms with Gasteiger partial charge in [-0.15, -0.1) is 0 Å². The summed E-state index contributed by atoms with van der Waals surface area (Å²) in [5.74, 6) is 1.19. The Morgan fingerprint density at radius 2 is 1.71 bits per heavy atom. The van der Waals surface area contributed by atoms with Gasteiger partial charge in [0.05, 0.1) is 19.9 Å². The molecule has 0 unspecified atom stereocenters. The number of nitrogens with zero attached hydrogens (tertiary/aromatic N) is 1. The molecule has 0 spiro atoms. The lowest BCUT2D eigenvalue weighted by Gasteiger charge is -2.44. The predicted molar refractivity (Wildman–Crippen MR) is 113 cm³/mol. The molecule has 1 heterocycles. The number of aryl methyl sites for hydroxylation is 1. The van der Waals surface area contributed by atoms with Crippen LogP contribution in [0.25, 0.3) is 5.70 Å². The molecule has 2 aromatic rings. The highest BCUT2D eigenvalue weighted by molar-refractivity contribution is 6.04. The number of rotatable bonds is 4. The smallest absolute Gasteiger partial charge is 0.250 e. The van der Waals surface area contributed by atoms with Crippen molar-refractivity contribution < 1.29 is 14.3 Å². The second-order valence-electron chi connectivity index (χ2n) is 7.80. The molecular weight excluding hydrogens is 352 g/mol. The Labute approximate surface area is 167 Å². The molecule has 0 saturated carbocycles. The molecule has 2 aromatic carbocycles. The number of methoxy groups -OCH3 is 2. The number of fused-ring (bicyclic) bond motifs is 1. The molecule has 1 N–H and O–H groups in total. The van der Waals surface area contributed by atoms with Gasteiger partial charge in [0.15, 0.2) is 11.5 Å². The Balaban J connectivity index is 2.02. The van der Waals surface area contributed by atoms with Crippen LogP contribution in [-0.4, -0.2) is 37.6 Å². The van der Waals surface area contributed by atoms with Crippen molar-refractivity contribution >= 4 is 17.3 Å². The summed E-state index contributed by atoms with van der Waals surface area (Å²) in [6.45, 7) is 6.35. The Morgan fingerprint density at radius 1 is 1.11 bits per heavy atom. The minimum absolute atomic E-state index is 0.136. The van der Waals surface area contributed by atoms with Crippen LogP contribution in [0.3, 0.4) is 0 Å². The van der Waals surface area contributed by atoms with Crippen molar-refractivity contribution in [3.8, 4) is 11.5 Å². The van der Waals surface area contributed by atoms with E-state index in [1.807, 2.05) is 50.4 Å². The quantitative estimate of drug-likeness (QED) is 0.806. The monoisotopic (exact) mass is 380 g/mol. The number of carbonyl (C=O) groups excluding carboxylic acids is 1. The lowest BCUT2D eigenvalue weighted by molar-refractivity contribution is -0.111. The van der Waals surface area contributed by atoms with Crippen molar-refractivity contribution in [2.24, 2.45) is 0 Å². The summed E-state index contributed by atoms with van der Waals surface area (Å²) < 4.78 is 10.9. The SMILES string of the molecule is COc1cc2c(cc1OC)/C(=C\C(=O)Nc1ccc(C)cc1)N(C)C(C)(C)C2. The van der Waals surface area contributed by atoms with E-state index in [0.29, 0.717) is 11.5 Å². The van der Waals surface area contributed by atoms with Crippen molar-refractivity contribution in [2.75, 3.05) is 26.6 Å². The molecule has 5 heteroatoms. The number of nitrogens with one attached hydrogen (secondary N) is 1. The second-order valence-corrected chi connectivity index (χ2v) is 7.80. The van der Waals surface area contributed by atoms with Gasteiger partial charge in [0.25, 0.3) is 0 Å². The zero-order chi connectivity index (χ0) is 20.5. The Kier molecular flexibility index (Phi) is 5.36. The fourth-order valence-electron chi connectivity index (χ4n) is 3.51. The average molecular weight is 380 g/mol. The van der Waals surface area contributed by atoms with Gasteiger partial charge in [0, 0.05) is 29.9 Å². The molecule has 0 radical (unpaired) electrons. The van der Waals surface area contributed by atoms with E-state index in [9.17, 15) is 4.79 Å². The van der Waals surface area contributed by atoms with Gasteiger partial charge in [-0.25, -0.2) is 0 Å². The van der Waals surface area contributed by atoms with Gasteiger partial charge >= 0.3 is 0 Å². The molecular formula is C23H28N2O3. The fraction of sp³-hybridized carbons (Fsp3) is 0.348. The standard InChI is InChI=1S/C23H28N2O3/c1-15-7-9-17(10-8-15)24-22(26)13-19-18-12-21(28-6)20(27-5)11-16(18)14-23(2,3)25(19)4/h7-13H,14H2,1-6H3,(H,24,26)/b19-13+. The molecule has 0 atom stereocenters. The largest absolute Gasteiger partial charge is 0.493 e. The van der Waals surface area contributed by atoms with Crippen LogP contribution in [0.5, 0.6) is 11.5 Å². The molecule has 148 valence electrons.